The standard InChI is InChI=1S/C19H39/c1-5-8-11-12-13-16-19(15-10-7-3)17-18(4)14-9-6-2/h17-19H,5-16H2,1-4H3. The van der Waals surface area contributed by atoms with Crippen LogP contribution in [0.3, 0.4) is 0 Å². The first-order valence-electron chi connectivity index (χ1n) is 9.09. The maximum absolute atomic E-state index is 2.69. The van der Waals surface area contributed by atoms with Crippen LogP contribution in [0.25, 0.3) is 0 Å². The third kappa shape index (κ3) is 12.8. The van der Waals surface area contributed by atoms with E-state index in [1.165, 1.54) is 77.0 Å². The highest BCUT2D eigenvalue weighted by atomic mass is 14.2. The minimum absolute atomic E-state index is 0.831. The van der Waals surface area contributed by atoms with Gasteiger partial charge in [0.2, 0.25) is 0 Å². The van der Waals surface area contributed by atoms with Crippen LogP contribution in [-0.2, 0) is 0 Å². The summed E-state index contributed by atoms with van der Waals surface area (Å²) in [6.07, 6.45) is 19.6. The lowest BCUT2D eigenvalue weighted by molar-refractivity contribution is 0.405. The van der Waals surface area contributed by atoms with Crippen molar-refractivity contribution in [3.63, 3.8) is 0 Å². The maximum Gasteiger partial charge on any atom is -0.0326 e. The molecule has 1 radical (unpaired) electrons. The van der Waals surface area contributed by atoms with Gasteiger partial charge in [0.1, 0.15) is 0 Å². The minimum atomic E-state index is 0.831. The van der Waals surface area contributed by atoms with Gasteiger partial charge in [-0.15, -0.1) is 0 Å². The average molecular weight is 268 g/mol. The lowest BCUT2D eigenvalue weighted by Crippen LogP contribution is -2.08. The Labute approximate surface area is 123 Å². The number of rotatable bonds is 14. The Morgan fingerprint density at radius 2 is 1.16 bits per heavy atom. The summed E-state index contributed by atoms with van der Waals surface area (Å²) in [5.74, 6) is 1.73. The Morgan fingerprint density at radius 1 is 0.632 bits per heavy atom. The largest absolute Gasteiger partial charge is 0.0654 e. The van der Waals surface area contributed by atoms with Crippen molar-refractivity contribution < 1.29 is 0 Å². The summed E-state index contributed by atoms with van der Waals surface area (Å²) in [7, 11) is 0. The lowest BCUT2D eigenvalue weighted by atomic mass is 9.85. The molecule has 0 aromatic rings. The molecule has 0 aromatic carbocycles. The zero-order chi connectivity index (χ0) is 14.3. The summed E-state index contributed by atoms with van der Waals surface area (Å²) < 4.78 is 0. The maximum atomic E-state index is 2.69. The minimum Gasteiger partial charge on any atom is -0.0654 e. The van der Waals surface area contributed by atoms with Crippen molar-refractivity contribution in [2.45, 2.75) is 105 Å². The molecule has 2 unspecified atom stereocenters. The second kappa shape index (κ2) is 14.4. The van der Waals surface area contributed by atoms with E-state index in [1.807, 2.05) is 0 Å². The van der Waals surface area contributed by atoms with Crippen molar-refractivity contribution in [3.05, 3.63) is 6.42 Å². The Bertz CT molecular complexity index is 161. The fraction of sp³-hybridized carbons (Fsp3) is 0.947. The summed E-state index contributed by atoms with van der Waals surface area (Å²) in [5, 5.41) is 0. The molecule has 0 heteroatoms. The molecular formula is C19H39. The molecule has 0 amide bonds. The lowest BCUT2D eigenvalue weighted by Gasteiger charge is -2.20. The van der Waals surface area contributed by atoms with Crippen LogP contribution < -0.4 is 0 Å². The molecule has 0 aliphatic rings. The van der Waals surface area contributed by atoms with Gasteiger partial charge in [-0.1, -0.05) is 105 Å². The molecule has 0 aromatic heterocycles. The number of hydrogen-bond acceptors (Lipinski definition) is 0. The third-order valence-electron chi connectivity index (χ3n) is 4.22. The summed E-state index contributed by atoms with van der Waals surface area (Å²) in [6.45, 7) is 9.34. The number of hydrogen-bond donors (Lipinski definition) is 0. The zero-order valence-electron chi connectivity index (χ0n) is 14.2. The van der Waals surface area contributed by atoms with Crippen LogP contribution in [0.5, 0.6) is 0 Å². The second-order valence-electron chi connectivity index (χ2n) is 6.42. The highest BCUT2D eigenvalue weighted by Crippen LogP contribution is 2.25. The van der Waals surface area contributed by atoms with Crippen LogP contribution in [0.15, 0.2) is 0 Å². The van der Waals surface area contributed by atoms with Crippen LogP contribution in [0.4, 0.5) is 0 Å². The molecule has 0 saturated heterocycles. The molecule has 0 fully saturated rings. The predicted molar refractivity (Wildman–Crippen MR) is 89.4 cm³/mol. The van der Waals surface area contributed by atoms with Gasteiger partial charge in [0.15, 0.2) is 0 Å². The Hall–Kier alpha value is 0. The predicted octanol–water partition coefficient (Wildman–Crippen LogP) is 7.18. The normalized spacial score (nSPS) is 14.5. The van der Waals surface area contributed by atoms with Crippen molar-refractivity contribution in [2.75, 3.05) is 0 Å². The third-order valence-corrected chi connectivity index (χ3v) is 4.22. The first-order valence-corrected chi connectivity index (χ1v) is 9.09. The Balaban J connectivity index is 3.79. The van der Waals surface area contributed by atoms with Crippen LogP contribution in [0, 0.1) is 18.3 Å². The molecule has 19 heavy (non-hydrogen) atoms. The monoisotopic (exact) mass is 267 g/mol. The zero-order valence-corrected chi connectivity index (χ0v) is 14.2. The van der Waals surface area contributed by atoms with Gasteiger partial charge in [0, 0.05) is 0 Å². The van der Waals surface area contributed by atoms with E-state index in [1.54, 1.807) is 0 Å². The van der Waals surface area contributed by atoms with Crippen LogP contribution in [0.1, 0.15) is 105 Å². The first-order chi connectivity index (χ1) is 9.24. The SMILES string of the molecule is CCCCCCCC([CH]C(C)CCCC)CCCC. The quantitative estimate of drug-likeness (QED) is 0.292. The summed E-state index contributed by atoms with van der Waals surface area (Å²) in [6, 6.07) is 0. The molecule has 0 spiro atoms. The van der Waals surface area contributed by atoms with Gasteiger partial charge in [0.05, 0.1) is 0 Å². The molecule has 0 aliphatic carbocycles. The van der Waals surface area contributed by atoms with Crippen LogP contribution >= 0.6 is 0 Å². The van der Waals surface area contributed by atoms with Gasteiger partial charge in [0.25, 0.3) is 0 Å². The first kappa shape index (κ1) is 19.0. The highest BCUT2D eigenvalue weighted by molar-refractivity contribution is 4.81. The molecule has 0 aliphatic heterocycles. The van der Waals surface area contributed by atoms with E-state index < -0.39 is 0 Å². The second-order valence-corrected chi connectivity index (χ2v) is 6.42. The molecule has 0 nitrogen and oxygen atoms in total. The van der Waals surface area contributed by atoms with Crippen molar-refractivity contribution in [3.8, 4) is 0 Å². The van der Waals surface area contributed by atoms with E-state index in [9.17, 15) is 0 Å². The summed E-state index contributed by atoms with van der Waals surface area (Å²) >= 11 is 0. The summed E-state index contributed by atoms with van der Waals surface area (Å²) in [5.41, 5.74) is 0. The fourth-order valence-corrected chi connectivity index (χ4v) is 2.90. The molecule has 0 saturated carbocycles. The molecule has 0 heterocycles. The van der Waals surface area contributed by atoms with Crippen LogP contribution in [-0.4, -0.2) is 0 Å². The van der Waals surface area contributed by atoms with E-state index in [2.05, 4.69) is 34.1 Å². The Morgan fingerprint density at radius 3 is 1.79 bits per heavy atom. The molecule has 0 rings (SSSR count). The van der Waals surface area contributed by atoms with Crippen molar-refractivity contribution in [2.24, 2.45) is 11.8 Å². The van der Waals surface area contributed by atoms with E-state index in [0.29, 0.717) is 0 Å². The molecule has 0 N–H and O–H groups in total. The highest BCUT2D eigenvalue weighted by Gasteiger charge is 2.13. The van der Waals surface area contributed by atoms with Gasteiger partial charge in [-0.05, 0) is 18.3 Å². The van der Waals surface area contributed by atoms with E-state index in [0.717, 1.165) is 11.8 Å². The van der Waals surface area contributed by atoms with Crippen molar-refractivity contribution in [1.82, 2.24) is 0 Å². The molecule has 2 atom stereocenters. The fourth-order valence-electron chi connectivity index (χ4n) is 2.90. The van der Waals surface area contributed by atoms with Crippen molar-refractivity contribution in [1.29, 1.82) is 0 Å². The van der Waals surface area contributed by atoms with Crippen molar-refractivity contribution >= 4 is 0 Å². The van der Waals surface area contributed by atoms with Gasteiger partial charge in [-0.3, -0.25) is 0 Å². The van der Waals surface area contributed by atoms with Crippen LogP contribution in [0.2, 0.25) is 0 Å². The topological polar surface area (TPSA) is 0 Å². The average Bonchev–Trinajstić information content (AvgIpc) is 2.41. The Kier molecular flexibility index (Phi) is 14.4. The van der Waals surface area contributed by atoms with E-state index in [-0.39, 0.29) is 0 Å². The molecular weight excluding hydrogens is 228 g/mol. The van der Waals surface area contributed by atoms with Gasteiger partial charge in [-0.25, -0.2) is 0 Å². The smallest absolute Gasteiger partial charge is 0.0326 e. The molecule has 0 bridgehead atoms. The van der Waals surface area contributed by atoms with Gasteiger partial charge >= 0.3 is 0 Å². The van der Waals surface area contributed by atoms with E-state index >= 15 is 0 Å². The molecule has 115 valence electrons. The van der Waals surface area contributed by atoms with Gasteiger partial charge in [-0.2, -0.15) is 0 Å². The summed E-state index contributed by atoms with van der Waals surface area (Å²) in [4.78, 5) is 0. The van der Waals surface area contributed by atoms with Gasteiger partial charge < -0.3 is 0 Å². The van der Waals surface area contributed by atoms with E-state index in [4.69, 9.17) is 0 Å². The number of unbranched alkanes of at least 4 members (excludes halogenated alkanes) is 6.